The minimum absolute atomic E-state index is 0.149. The zero-order valence-corrected chi connectivity index (χ0v) is 9.25. The van der Waals surface area contributed by atoms with Gasteiger partial charge in [-0.05, 0) is 30.2 Å². The standard InChI is InChI=1S/C13H12O4/c1-2-3-10-6-4-9(5-7-12(14)15)8-11(10)13(16)17/h2-8H,1H3,(H,14,15)(H,16,17). The van der Waals surface area contributed by atoms with E-state index in [2.05, 4.69) is 0 Å². The number of carboxylic acids is 2. The second-order valence-electron chi connectivity index (χ2n) is 3.32. The number of rotatable bonds is 4. The molecule has 0 saturated carbocycles. The van der Waals surface area contributed by atoms with E-state index in [0.717, 1.165) is 6.08 Å². The van der Waals surface area contributed by atoms with Gasteiger partial charge in [0.15, 0.2) is 0 Å². The normalized spacial score (nSPS) is 11.1. The number of aromatic carboxylic acids is 1. The number of carboxylic acid groups (broad SMARTS) is 2. The molecule has 0 aliphatic rings. The predicted molar refractivity (Wildman–Crippen MR) is 64.8 cm³/mol. The summed E-state index contributed by atoms with van der Waals surface area (Å²) in [6, 6.07) is 4.75. The van der Waals surface area contributed by atoms with Crippen LogP contribution in [0.3, 0.4) is 0 Å². The van der Waals surface area contributed by atoms with Crippen LogP contribution in [-0.2, 0) is 4.79 Å². The zero-order valence-electron chi connectivity index (χ0n) is 9.25. The van der Waals surface area contributed by atoms with Crippen molar-refractivity contribution in [3.63, 3.8) is 0 Å². The molecular weight excluding hydrogens is 220 g/mol. The van der Waals surface area contributed by atoms with Gasteiger partial charge in [-0.3, -0.25) is 0 Å². The molecule has 88 valence electrons. The van der Waals surface area contributed by atoms with Crippen LogP contribution < -0.4 is 0 Å². The van der Waals surface area contributed by atoms with Crippen LogP contribution >= 0.6 is 0 Å². The second-order valence-corrected chi connectivity index (χ2v) is 3.32. The maximum Gasteiger partial charge on any atom is 0.336 e. The molecule has 0 aliphatic carbocycles. The SMILES string of the molecule is CC=Cc1ccc(C=CC(=O)O)cc1C(=O)O. The average Bonchev–Trinajstić information content (AvgIpc) is 2.27. The van der Waals surface area contributed by atoms with E-state index in [0.29, 0.717) is 11.1 Å². The van der Waals surface area contributed by atoms with E-state index in [4.69, 9.17) is 10.2 Å². The fourth-order valence-corrected chi connectivity index (χ4v) is 1.36. The highest BCUT2D eigenvalue weighted by molar-refractivity contribution is 5.93. The third-order valence-electron chi connectivity index (χ3n) is 2.07. The van der Waals surface area contributed by atoms with E-state index in [9.17, 15) is 9.59 Å². The maximum absolute atomic E-state index is 11.0. The van der Waals surface area contributed by atoms with Crippen molar-refractivity contribution in [3.8, 4) is 0 Å². The van der Waals surface area contributed by atoms with Crippen LogP contribution in [0.5, 0.6) is 0 Å². The van der Waals surface area contributed by atoms with Gasteiger partial charge in [0.25, 0.3) is 0 Å². The molecule has 17 heavy (non-hydrogen) atoms. The maximum atomic E-state index is 11.0. The van der Waals surface area contributed by atoms with Gasteiger partial charge in [-0.2, -0.15) is 0 Å². The van der Waals surface area contributed by atoms with Gasteiger partial charge in [0.1, 0.15) is 0 Å². The zero-order chi connectivity index (χ0) is 12.8. The molecule has 0 heterocycles. The number of carbonyl (C=O) groups is 2. The number of benzene rings is 1. The minimum atomic E-state index is -1.07. The molecular formula is C13H12O4. The van der Waals surface area contributed by atoms with E-state index < -0.39 is 11.9 Å². The average molecular weight is 232 g/mol. The van der Waals surface area contributed by atoms with Crippen LogP contribution in [0.1, 0.15) is 28.4 Å². The van der Waals surface area contributed by atoms with E-state index in [1.165, 1.54) is 12.1 Å². The summed E-state index contributed by atoms with van der Waals surface area (Å²) in [4.78, 5) is 21.4. The first-order valence-corrected chi connectivity index (χ1v) is 4.95. The van der Waals surface area contributed by atoms with Gasteiger partial charge >= 0.3 is 11.9 Å². The summed E-state index contributed by atoms with van der Waals surface area (Å²) >= 11 is 0. The highest BCUT2D eigenvalue weighted by Gasteiger charge is 2.08. The van der Waals surface area contributed by atoms with Gasteiger partial charge in [0, 0.05) is 6.08 Å². The van der Waals surface area contributed by atoms with Crippen molar-refractivity contribution < 1.29 is 19.8 Å². The number of hydrogen-bond donors (Lipinski definition) is 2. The molecule has 1 rings (SSSR count). The van der Waals surface area contributed by atoms with Crippen LogP contribution in [-0.4, -0.2) is 22.2 Å². The molecule has 4 heteroatoms. The fraction of sp³-hybridized carbons (Fsp3) is 0.0769. The van der Waals surface area contributed by atoms with Gasteiger partial charge in [0.2, 0.25) is 0 Å². The summed E-state index contributed by atoms with van der Waals surface area (Å²) in [7, 11) is 0. The van der Waals surface area contributed by atoms with Crippen molar-refractivity contribution in [2.24, 2.45) is 0 Å². The Morgan fingerprint density at radius 1 is 1.18 bits per heavy atom. The van der Waals surface area contributed by atoms with Crippen LogP contribution in [0.15, 0.2) is 30.4 Å². The molecule has 0 bridgehead atoms. The molecule has 0 amide bonds. The molecule has 0 saturated heterocycles. The summed E-state index contributed by atoms with van der Waals surface area (Å²) in [5.74, 6) is -2.11. The first-order chi connectivity index (χ1) is 8.04. The lowest BCUT2D eigenvalue weighted by molar-refractivity contribution is -0.131. The van der Waals surface area contributed by atoms with E-state index >= 15 is 0 Å². The molecule has 0 aromatic heterocycles. The lowest BCUT2D eigenvalue weighted by Gasteiger charge is -2.02. The second kappa shape index (κ2) is 5.65. The lowest BCUT2D eigenvalue weighted by Crippen LogP contribution is -2.00. The van der Waals surface area contributed by atoms with Crippen LogP contribution in [0.25, 0.3) is 12.2 Å². The van der Waals surface area contributed by atoms with Gasteiger partial charge in [-0.15, -0.1) is 0 Å². The monoisotopic (exact) mass is 232 g/mol. The van der Waals surface area contributed by atoms with Crippen molar-refractivity contribution in [1.82, 2.24) is 0 Å². The molecule has 0 aliphatic heterocycles. The summed E-state index contributed by atoms with van der Waals surface area (Å²) in [5, 5.41) is 17.5. The third kappa shape index (κ3) is 3.61. The van der Waals surface area contributed by atoms with Crippen molar-refractivity contribution >= 4 is 24.1 Å². The predicted octanol–water partition coefficient (Wildman–Crippen LogP) is 2.52. The first kappa shape index (κ1) is 12.7. The van der Waals surface area contributed by atoms with Gasteiger partial charge < -0.3 is 10.2 Å². The smallest absolute Gasteiger partial charge is 0.336 e. The summed E-state index contributed by atoms with van der Waals surface area (Å²) in [6.07, 6.45) is 5.76. The Morgan fingerprint density at radius 3 is 2.41 bits per heavy atom. The first-order valence-electron chi connectivity index (χ1n) is 4.95. The Kier molecular flexibility index (Phi) is 4.22. The Morgan fingerprint density at radius 2 is 1.88 bits per heavy atom. The van der Waals surface area contributed by atoms with Crippen molar-refractivity contribution in [1.29, 1.82) is 0 Å². The van der Waals surface area contributed by atoms with E-state index in [-0.39, 0.29) is 5.56 Å². The van der Waals surface area contributed by atoms with Gasteiger partial charge in [-0.25, -0.2) is 9.59 Å². The lowest BCUT2D eigenvalue weighted by atomic mass is 10.0. The number of allylic oxidation sites excluding steroid dienone is 1. The Labute approximate surface area is 98.5 Å². The summed E-state index contributed by atoms with van der Waals surface area (Å²) in [6.45, 7) is 1.80. The Hall–Kier alpha value is -2.36. The molecule has 0 unspecified atom stereocenters. The number of aliphatic carboxylic acids is 1. The summed E-state index contributed by atoms with van der Waals surface area (Å²) < 4.78 is 0. The van der Waals surface area contributed by atoms with Gasteiger partial charge in [-0.1, -0.05) is 24.3 Å². The molecule has 0 atom stereocenters. The topological polar surface area (TPSA) is 74.6 Å². The number of hydrogen-bond acceptors (Lipinski definition) is 2. The highest BCUT2D eigenvalue weighted by atomic mass is 16.4. The quantitative estimate of drug-likeness (QED) is 0.782. The van der Waals surface area contributed by atoms with Crippen LogP contribution in [0.4, 0.5) is 0 Å². The van der Waals surface area contributed by atoms with Crippen molar-refractivity contribution in [2.75, 3.05) is 0 Å². The molecule has 1 aromatic carbocycles. The van der Waals surface area contributed by atoms with Crippen molar-refractivity contribution in [3.05, 3.63) is 47.0 Å². The molecule has 0 radical (unpaired) electrons. The van der Waals surface area contributed by atoms with Gasteiger partial charge in [0.05, 0.1) is 5.56 Å². The fourth-order valence-electron chi connectivity index (χ4n) is 1.36. The molecule has 4 nitrogen and oxygen atoms in total. The minimum Gasteiger partial charge on any atom is -0.478 e. The molecule has 0 spiro atoms. The molecule has 0 fully saturated rings. The highest BCUT2D eigenvalue weighted by Crippen LogP contribution is 2.15. The Bertz CT molecular complexity index is 498. The van der Waals surface area contributed by atoms with E-state index in [1.807, 2.05) is 0 Å². The third-order valence-corrected chi connectivity index (χ3v) is 2.07. The molecule has 2 N–H and O–H groups in total. The van der Waals surface area contributed by atoms with Crippen molar-refractivity contribution in [2.45, 2.75) is 6.92 Å². The Balaban J connectivity index is 3.18. The van der Waals surface area contributed by atoms with Crippen LogP contribution in [0.2, 0.25) is 0 Å². The largest absolute Gasteiger partial charge is 0.478 e. The van der Waals surface area contributed by atoms with Crippen LogP contribution in [0, 0.1) is 0 Å². The summed E-state index contributed by atoms with van der Waals surface area (Å²) in [5.41, 5.74) is 1.28. The molecule has 1 aromatic rings. The van der Waals surface area contributed by atoms with E-state index in [1.54, 1.807) is 31.2 Å².